The summed E-state index contributed by atoms with van der Waals surface area (Å²) in [7, 11) is 0. The maximum absolute atomic E-state index is 10.5. The second kappa shape index (κ2) is 6.21. The van der Waals surface area contributed by atoms with Gasteiger partial charge in [0.1, 0.15) is 0 Å². The molecule has 2 rings (SSSR count). The number of nitro groups is 1. The summed E-state index contributed by atoms with van der Waals surface area (Å²) in [6.07, 6.45) is 0. The van der Waals surface area contributed by atoms with Crippen molar-refractivity contribution in [2.45, 2.75) is 24.1 Å². The first-order valence-electron chi connectivity index (χ1n) is 5.14. The molecular formula is C14H15NO2S. The largest absolute Gasteiger partial charge is 0.269 e. The standard InChI is InChI=1S/C13H11NO2S.CH4/c1-10-2-6-12(7-3-10)17-13-8-4-11(5-9-13)14(15)16;/h2-9H,1H3;1H4. The summed E-state index contributed by atoms with van der Waals surface area (Å²) >= 11 is 1.59. The number of rotatable bonds is 3. The molecule has 0 aliphatic carbocycles. The van der Waals surface area contributed by atoms with Crippen molar-refractivity contribution >= 4 is 17.4 Å². The Kier molecular flexibility index (Phi) is 4.92. The van der Waals surface area contributed by atoms with Gasteiger partial charge in [0.25, 0.3) is 5.69 Å². The molecule has 0 unspecified atom stereocenters. The van der Waals surface area contributed by atoms with Crippen molar-refractivity contribution in [2.24, 2.45) is 0 Å². The summed E-state index contributed by atoms with van der Waals surface area (Å²) in [5.41, 5.74) is 1.34. The lowest BCUT2D eigenvalue weighted by molar-refractivity contribution is -0.384. The van der Waals surface area contributed by atoms with Crippen LogP contribution in [0, 0.1) is 17.0 Å². The molecule has 3 nitrogen and oxygen atoms in total. The van der Waals surface area contributed by atoms with Crippen LogP contribution in [0.15, 0.2) is 58.3 Å². The fourth-order valence-electron chi connectivity index (χ4n) is 1.38. The SMILES string of the molecule is C.Cc1ccc(Sc2ccc([N+](=O)[O-])cc2)cc1. The number of nitro benzene ring substituents is 1. The van der Waals surface area contributed by atoms with Crippen LogP contribution in [-0.4, -0.2) is 4.92 Å². The topological polar surface area (TPSA) is 43.1 Å². The van der Waals surface area contributed by atoms with E-state index in [0.29, 0.717) is 0 Å². The van der Waals surface area contributed by atoms with E-state index in [4.69, 9.17) is 0 Å². The van der Waals surface area contributed by atoms with Crippen LogP contribution in [-0.2, 0) is 0 Å². The first kappa shape index (κ1) is 14.3. The average Bonchev–Trinajstić information content (AvgIpc) is 2.33. The van der Waals surface area contributed by atoms with Crippen molar-refractivity contribution in [3.63, 3.8) is 0 Å². The van der Waals surface area contributed by atoms with Gasteiger partial charge in [-0.25, -0.2) is 0 Å². The van der Waals surface area contributed by atoms with E-state index in [1.807, 2.05) is 31.2 Å². The van der Waals surface area contributed by atoms with Gasteiger partial charge in [-0.15, -0.1) is 0 Å². The van der Waals surface area contributed by atoms with E-state index in [9.17, 15) is 10.1 Å². The lowest BCUT2D eigenvalue weighted by atomic mass is 10.2. The highest BCUT2D eigenvalue weighted by Crippen LogP contribution is 2.28. The van der Waals surface area contributed by atoms with E-state index in [1.165, 1.54) is 17.7 Å². The summed E-state index contributed by atoms with van der Waals surface area (Å²) in [6, 6.07) is 14.8. The molecule has 0 bridgehead atoms. The summed E-state index contributed by atoms with van der Waals surface area (Å²) in [6.45, 7) is 2.04. The van der Waals surface area contributed by atoms with E-state index < -0.39 is 0 Å². The van der Waals surface area contributed by atoms with Gasteiger partial charge in [0.05, 0.1) is 4.92 Å². The van der Waals surface area contributed by atoms with Crippen LogP contribution in [0.5, 0.6) is 0 Å². The number of hydrogen-bond donors (Lipinski definition) is 0. The van der Waals surface area contributed by atoms with Crippen molar-refractivity contribution in [3.05, 3.63) is 64.2 Å². The predicted molar refractivity (Wildman–Crippen MR) is 75.1 cm³/mol. The lowest BCUT2D eigenvalue weighted by Crippen LogP contribution is -1.86. The molecule has 4 heteroatoms. The Morgan fingerprint density at radius 3 is 1.83 bits per heavy atom. The van der Waals surface area contributed by atoms with E-state index in [2.05, 4.69) is 0 Å². The van der Waals surface area contributed by atoms with Crippen molar-refractivity contribution in [1.29, 1.82) is 0 Å². The van der Waals surface area contributed by atoms with Crippen LogP contribution < -0.4 is 0 Å². The Bertz CT molecular complexity index is 520. The van der Waals surface area contributed by atoms with Crippen LogP contribution in [0.3, 0.4) is 0 Å². The average molecular weight is 261 g/mol. The highest BCUT2D eigenvalue weighted by atomic mass is 32.2. The third-order valence-electron chi connectivity index (χ3n) is 2.30. The fraction of sp³-hybridized carbons (Fsp3) is 0.143. The van der Waals surface area contributed by atoms with Crippen molar-refractivity contribution < 1.29 is 4.92 Å². The van der Waals surface area contributed by atoms with Crippen LogP contribution in [0.2, 0.25) is 0 Å². The quantitative estimate of drug-likeness (QED) is 0.594. The highest BCUT2D eigenvalue weighted by molar-refractivity contribution is 7.99. The summed E-state index contributed by atoms with van der Waals surface area (Å²) in [5, 5.41) is 10.5. The third-order valence-corrected chi connectivity index (χ3v) is 3.32. The Labute approximate surface area is 111 Å². The van der Waals surface area contributed by atoms with Gasteiger partial charge in [-0.2, -0.15) is 0 Å². The predicted octanol–water partition coefficient (Wildman–Crippen LogP) is 4.69. The van der Waals surface area contributed by atoms with Crippen molar-refractivity contribution in [3.8, 4) is 0 Å². The molecule has 0 atom stereocenters. The minimum absolute atomic E-state index is 0. The summed E-state index contributed by atoms with van der Waals surface area (Å²) in [5.74, 6) is 0. The van der Waals surface area contributed by atoms with Crippen LogP contribution >= 0.6 is 11.8 Å². The van der Waals surface area contributed by atoms with E-state index in [-0.39, 0.29) is 18.0 Å². The number of aryl methyl sites for hydroxylation is 1. The molecule has 18 heavy (non-hydrogen) atoms. The molecule has 0 radical (unpaired) electrons. The molecule has 2 aromatic rings. The Morgan fingerprint density at radius 2 is 1.39 bits per heavy atom. The number of non-ortho nitro benzene ring substituents is 1. The number of hydrogen-bond acceptors (Lipinski definition) is 3. The van der Waals surface area contributed by atoms with Crippen LogP contribution in [0.25, 0.3) is 0 Å². The smallest absolute Gasteiger partial charge is 0.258 e. The highest BCUT2D eigenvalue weighted by Gasteiger charge is 2.04. The maximum Gasteiger partial charge on any atom is 0.269 e. The van der Waals surface area contributed by atoms with Crippen LogP contribution in [0.1, 0.15) is 13.0 Å². The number of benzene rings is 2. The zero-order chi connectivity index (χ0) is 12.3. The Balaban J connectivity index is 0.00000162. The second-order valence-corrected chi connectivity index (χ2v) is 4.81. The molecule has 0 heterocycles. The molecule has 0 aromatic heterocycles. The van der Waals surface area contributed by atoms with Gasteiger partial charge in [0, 0.05) is 21.9 Å². The number of nitrogens with zero attached hydrogens (tertiary/aromatic N) is 1. The van der Waals surface area contributed by atoms with Gasteiger partial charge < -0.3 is 0 Å². The third kappa shape index (κ3) is 3.60. The molecule has 0 fully saturated rings. The van der Waals surface area contributed by atoms with Gasteiger partial charge in [-0.1, -0.05) is 36.9 Å². The lowest BCUT2D eigenvalue weighted by Gasteiger charge is -2.01. The second-order valence-electron chi connectivity index (χ2n) is 3.67. The summed E-state index contributed by atoms with van der Waals surface area (Å²) in [4.78, 5) is 12.2. The Hall–Kier alpha value is -1.81. The minimum atomic E-state index is -0.389. The van der Waals surface area contributed by atoms with Gasteiger partial charge >= 0.3 is 0 Å². The van der Waals surface area contributed by atoms with Gasteiger partial charge in [-0.05, 0) is 31.2 Å². The molecule has 94 valence electrons. The monoisotopic (exact) mass is 261 g/mol. The first-order valence-corrected chi connectivity index (χ1v) is 5.96. The zero-order valence-corrected chi connectivity index (χ0v) is 10.1. The van der Waals surface area contributed by atoms with Gasteiger partial charge in [-0.3, -0.25) is 10.1 Å². The maximum atomic E-state index is 10.5. The van der Waals surface area contributed by atoms with Crippen molar-refractivity contribution in [2.75, 3.05) is 0 Å². The van der Waals surface area contributed by atoms with E-state index in [0.717, 1.165) is 9.79 Å². The molecular weight excluding hydrogens is 246 g/mol. The van der Waals surface area contributed by atoms with Gasteiger partial charge in [0.15, 0.2) is 0 Å². The summed E-state index contributed by atoms with van der Waals surface area (Å²) < 4.78 is 0. The molecule has 0 saturated heterocycles. The molecule has 0 amide bonds. The molecule has 0 aliphatic heterocycles. The van der Waals surface area contributed by atoms with E-state index >= 15 is 0 Å². The molecule has 0 spiro atoms. The van der Waals surface area contributed by atoms with Crippen molar-refractivity contribution in [1.82, 2.24) is 0 Å². The fourth-order valence-corrected chi connectivity index (χ4v) is 2.19. The van der Waals surface area contributed by atoms with Crippen LogP contribution in [0.4, 0.5) is 5.69 Å². The molecule has 0 N–H and O–H groups in total. The van der Waals surface area contributed by atoms with Gasteiger partial charge in [0.2, 0.25) is 0 Å². The zero-order valence-electron chi connectivity index (χ0n) is 9.29. The first-order chi connectivity index (χ1) is 8.15. The normalized spacial score (nSPS) is 9.61. The Morgan fingerprint density at radius 1 is 0.944 bits per heavy atom. The molecule has 2 aromatic carbocycles. The van der Waals surface area contributed by atoms with E-state index in [1.54, 1.807) is 23.9 Å². The molecule has 0 aliphatic rings. The minimum Gasteiger partial charge on any atom is -0.258 e. The molecule has 0 saturated carbocycles.